The van der Waals surface area contributed by atoms with Crippen molar-refractivity contribution in [2.45, 2.75) is 25.2 Å². The van der Waals surface area contributed by atoms with Gasteiger partial charge < -0.3 is 10.1 Å². The normalized spacial score (nSPS) is 12.6. The molecular weight excluding hydrogens is 230 g/mol. The number of rotatable bonds is 9. The second-order valence-electron chi connectivity index (χ2n) is 4.12. The lowest BCUT2D eigenvalue weighted by Gasteiger charge is -2.09. The van der Waals surface area contributed by atoms with Gasteiger partial charge in [-0.2, -0.15) is 11.8 Å². The molecule has 3 heteroatoms. The van der Waals surface area contributed by atoms with Crippen LogP contribution in [-0.2, 0) is 11.3 Å². The molecule has 0 saturated heterocycles. The third kappa shape index (κ3) is 7.42. The first-order valence-electron chi connectivity index (χ1n) is 6.18. The lowest BCUT2D eigenvalue weighted by molar-refractivity contribution is 0.123. The monoisotopic (exact) mass is 253 g/mol. The fraction of sp³-hybridized carbons (Fsp3) is 0.571. The van der Waals surface area contributed by atoms with Crippen molar-refractivity contribution in [3.63, 3.8) is 0 Å². The molecule has 0 bridgehead atoms. The molecule has 1 unspecified atom stereocenters. The van der Waals surface area contributed by atoms with E-state index in [4.69, 9.17) is 4.74 Å². The van der Waals surface area contributed by atoms with Crippen LogP contribution in [0.4, 0.5) is 0 Å². The Morgan fingerprint density at radius 1 is 1.24 bits per heavy atom. The quantitative estimate of drug-likeness (QED) is 0.684. The van der Waals surface area contributed by atoms with E-state index < -0.39 is 0 Å². The first-order valence-corrected chi connectivity index (χ1v) is 7.47. The Labute approximate surface area is 109 Å². The molecule has 1 aromatic rings. The van der Waals surface area contributed by atoms with E-state index in [1.54, 1.807) is 0 Å². The summed E-state index contributed by atoms with van der Waals surface area (Å²) in [5.74, 6) is 0. The summed E-state index contributed by atoms with van der Waals surface area (Å²) < 4.78 is 5.59. The molecule has 1 aromatic carbocycles. The van der Waals surface area contributed by atoms with E-state index in [-0.39, 0.29) is 0 Å². The summed E-state index contributed by atoms with van der Waals surface area (Å²) in [6.07, 6.45) is 3.38. The van der Waals surface area contributed by atoms with Gasteiger partial charge in [-0.05, 0) is 24.8 Å². The van der Waals surface area contributed by atoms with Gasteiger partial charge in [-0.3, -0.25) is 0 Å². The van der Waals surface area contributed by atoms with Crippen molar-refractivity contribution in [1.82, 2.24) is 5.32 Å². The molecule has 0 spiro atoms. The lowest BCUT2D eigenvalue weighted by atomic mass is 10.2. The second kappa shape index (κ2) is 9.51. The smallest absolute Gasteiger partial charge is 0.0717 e. The maximum Gasteiger partial charge on any atom is 0.0717 e. The molecule has 0 aliphatic rings. The molecule has 0 heterocycles. The van der Waals surface area contributed by atoms with Crippen LogP contribution in [0, 0.1) is 0 Å². The predicted molar refractivity (Wildman–Crippen MR) is 76.6 cm³/mol. The molecule has 0 amide bonds. The minimum absolute atomic E-state index is 0.712. The van der Waals surface area contributed by atoms with Gasteiger partial charge in [0.2, 0.25) is 0 Å². The molecule has 0 aliphatic heterocycles. The highest BCUT2D eigenvalue weighted by molar-refractivity contribution is 7.99. The molecule has 0 aliphatic carbocycles. The Kier molecular flexibility index (Phi) is 8.14. The standard InChI is InChI=1S/C14H23NOS/c1-13(17-2)8-9-15-10-11-16-12-14-6-4-3-5-7-14/h3-7,13,15H,8-12H2,1-2H3. The Hall–Kier alpha value is -0.510. The fourth-order valence-corrected chi connectivity index (χ4v) is 1.81. The molecule has 2 nitrogen and oxygen atoms in total. The van der Waals surface area contributed by atoms with E-state index in [1.807, 2.05) is 30.0 Å². The van der Waals surface area contributed by atoms with Crippen LogP contribution in [0.25, 0.3) is 0 Å². The SMILES string of the molecule is CSC(C)CCNCCOCc1ccccc1. The zero-order valence-electron chi connectivity index (χ0n) is 10.8. The molecular formula is C14H23NOS. The number of hydrogen-bond donors (Lipinski definition) is 1. The van der Waals surface area contributed by atoms with Crippen LogP contribution in [0.5, 0.6) is 0 Å². The molecule has 0 fully saturated rings. The van der Waals surface area contributed by atoms with Gasteiger partial charge in [0.1, 0.15) is 0 Å². The number of hydrogen-bond acceptors (Lipinski definition) is 3. The Balaban J connectivity index is 1.91. The highest BCUT2D eigenvalue weighted by Crippen LogP contribution is 2.07. The number of ether oxygens (including phenoxy) is 1. The van der Waals surface area contributed by atoms with Crippen LogP contribution in [0.2, 0.25) is 0 Å². The molecule has 17 heavy (non-hydrogen) atoms. The summed E-state index contributed by atoms with van der Waals surface area (Å²) in [4.78, 5) is 0. The predicted octanol–water partition coefficient (Wildman–Crippen LogP) is 2.93. The summed E-state index contributed by atoms with van der Waals surface area (Å²) in [6, 6.07) is 10.3. The van der Waals surface area contributed by atoms with Crippen LogP contribution >= 0.6 is 11.8 Å². The Morgan fingerprint density at radius 2 is 2.00 bits per heavy atom. The van der Waals surface area contributed by atoms with Crippen molar-refractivity contribution in [2.24, 2.45) is 0 Å². The molecule has 0 aromatic heterocycles. The Bertz CT molecular complexity index is 279. The zero-order chi connectivity index (χ0) is 12.3. The van der Waals surface area contributed by atoms with Gasteiger partial charge in [-0.1, -0.05) is 37.3 Å². The fourth-order valence-electron chi connectivity index (χ4n) is 1.46. The van der Waals surface area contributed by atoms with E-state index >= 15 is 0 Å². The summed E-state index contributed by atoms with van der Waals surface area (Å²) >= 11 is 1.92. The van der Waals surface area contributed by atoms with Gasteiger partial charge in [0.25, 0.3) is 0 Å². The maximum atomic E-state index is 5.59. The number of benzene rings is 1. The van der Waals surface area contributed by atoms with Gasteiger partial charge in [0.05, 0.1) is 13.2 Å². The van der Waals surface area contributed by atoms with Gasteiger partial charge >= 0.3 is 0 Å². The summed E-state index contributed by atoms with van der Waals surface area (Å²) in [5, 5.41) is 4.14. The minimum atomic E-state index is 0.712. The molecule has 1 atom stereocenters. The number of thioether (sulfide) groups is 1. The van der Waals surface area contributed by atoms with Gasteiger partial charge in [-0.25, -0.2) is 0 Å². The molecule has 1 rings (SSSR count). The average Bonchev–Trinajstić information content (AvgIpc) is 2.38. The van der Waals surface area contributed by atoms with Crippen LogP contribution in [0.15, 0.2) is 30.3 Å². The second-order valence-corrected chi connectivity index (χ2v) is 5.40. The van der Waals surface area contributed by atoms with Crippen LogP contribution in [0.3, 0.4) is 0 Å². The van der Waals surface area contributed by atoms with Crippen molar-refractivity contribution in [3.05, 3.63) is 35.9 Å². The first kappa shape index (κ1) is 14.6. The minimum Gasteiger partial charge on any atom is -0.375 e. The molecule has 1 N–H and O–H groups in total. The van der Waals surface area contributed by atoms with Gasteiger partial charge in [-0.15, -0.1) is 0 Å². The van der Waals surface area contributed by atoms with Crippen LogP contribution in [0.1, 0.15) is 18.9 Å². The third-order valence-electron chi connectivity index (χ3n) is 2.66. The van der Waals surface area contributed by atoms with Crippen molar-refractivity contribution in [1.29, 1.82) is 0 Å². The average molecular weight is 253 g/mol. The lowest BCUT2D eigenvalue weighted by Crippen LogP contribution is -2.22. The largest absolute Gasteiger partial charge is 0.375 e. The van der Waals surface area contributed by atoms with E-state index in [0.29, 0.717) is 6.61 Å². The van der Waals surface area contributed by atoms with Gasteiger partial charge in [0.15, 0.2) is 0 Å². The highest BCUT2D eigenvalue weighted by Gasteiger charge is 1.97. The molecule has 96 valence electrons. The zero-order valence-corrected chi connectivity index (χ0v) is 11.6. The summed E-state index contributed by atoms with van der Waals surface area (Å²) in [6.45, 7) is 5.77. The van der Waals surface area contributed by atoms with E-state index in [0.717, 1.165) is 24.9 Å². The topological polar surface area (TPSA) is 21.3 Å². The van der Waals surface area contributed by atoms with Gasteiger partial charge in [0, 0.05) is 11.8 Å². The van der Waals surface area contributed by atoms with E-state index in [9.17, 15) is 0 Å². The van der Waals surface area contributed by atoms with E-state index in [1.165, 1.54) is 12.0 Å². The van der Waals surface area contributed by atoms with Crippen molar-refractivity contribution in [3.8, 4) is 0 Å². The third-order valence-corrected chi connectivity index (χ3v) is 3.71. The maximum absolute atomic E-state index is 5.59. The summed E-state index contributed by atoms with van der Waals surface area (Å²) in [7, 11) is 0. The Morgan fingerprint density at radius 3 is 2.71 bits per heavy atom. The van der Waals surface area contributed by atoms with Crippen molar-refractivity contribution >= 4 is 11.8 Å². The van der Waals surface area contributed by atoms with E-state index in [2.05, 4.69) is 30.6 Å². The first-order chi connectivity index (χ1) is 8.33. The molecule has 0 saturated carbocycles. The number of nitrogens with one attached hydrogen (secondary N) is 1. The molecule has 0 radical (unpaired) electrons. The van der Waals surface area contributed by atoms with Crippen LogP contribution in [-0.4, -0.2) is 31.2 Å². The summed E-state index contributed by atoms with van der Waals surface area (Å²) in [5.41, 5.74) is 1.24. The van der Waals surface area contributed by atoms with Crippen molar-refractivity contribution < 1.29 is 4.74 Å². The van der Waals surface area contributed by atoms with Crippen molar-refractivity contribution in [2.75, 3.05) is 26.0 Å². The highest BCUT2D eigenvalue weighted by atomic mass is 32.2. The van der Waals surface area contributed by atoms with Crippen LogP contribution < -0.4 is 5.32 Å².